The zero-order valence-corrected chi connectivity index (χ0v) is 14.1. The van der Waals surface area contributed by atoms with Gasteiger partial charge in [0.15, 0.2) is 0 Å². The van der Waals surface area contributed by atoms with E-state index in [4.69, 9.17) is 10.5 Å². The quantitative estimate of drug-likeness (QED) is 0.686. The molecule has 3 amide bonds. The number of hydrogen-bond acceptors (Lipinski definition) is 4. The molecule has 0 spiro atoms. The van der Waals surface area contributed by atoms with Gasteiger partial charge in [0.1, 0.15) is 0 Å². The smallest absolute Gasteiger partial charge is 0.332 e. The fourth-order valence-corrected chi connectivity index (χ4v) is 3.44. The Labute approximate surface area is 150 Å². The summed E-state index contributed by atoms with van der Waals surface area (Å²) in [7, 11) is 0. The van der Waals surface area contributed by atoms with Crippen molar-refractivity contribution in [1.82, 2.24) is 10.3 Å². The van der Waals surface area contributed by atoms with Crippen molar-refractivity contribution < 1.29 is 14.3 Å². The van der Waals surface area contributed by atoms with Crippen molar-refractivity contribution in [3.05, 3.63) is 59.2 Å². The topological polar surface area (TPSA) is 97.0 Å². The average molecular weight is 350 g/mol. The van der Waals surface area contributed by atoms with E-state index < -0.39 is 6.03 Å². The van der Waals surface area contributed by atoms with E-state index in [9.17, 15) is 9.59 Å². The number of nitrogens with one attached hydrogen (secondary N) is 1. The molecule has 0 atom stereocenters. The van der Waals surface area contributed by atoms with E-state index in [0.29, 0.717) is 37.6 Å². The van der Waals surface area contributed by atoms with Crippen LogP contribution in [-0.2, 0) is 4.74 Å². The van der Waals surface area contributed by atoms with Crippen molar-refractivity contribution >= 4 is 17.6 Å². The number of carbonyl (C=O) groups is 2. The molecule has 1 saturated heterocycles. The number of amides is 3. The van der Waals surface area contributed by atoms with Crippen molar-refractivity contribution in [2.24, 2.45) is 10.8 Å². The van der Waals surface area contributed by atoms with Gasteiger partial charge in [0.2, 0.25) is 0 Å². The van der Waals surface area contributed by atoms with Crippen molar-refractivity contribution in [1.29, 1.82) is 0 Å². The summed E-state index contributed by atoms with van der Waals surface area (Å²) in [6.07, 6.45) is 0. The molecule has 0 radical (unpaired) electrons. The number of nitrogens with two attached hydrogens (primary N) is 1. The summed E-state index contributed by atoms with van der Waals surface area (Å²) in [4.78, 5) is 26.0. The van der Waals surface area contributed by atoms with Gasteiger partial charge in [-0.2, -0.15) is 5.10 Å². The first-order valence-corrected chi connectivity index (χ1v) is 8.40. The highest BCUT2D eigenvalue weighted by Crippen LogP contribution is 2.39. The van der Waals surface area contributed by atoms with Crippen LogP contribution in [0.5, 0.6) is 0 Å². The molecule has 1 aliphatic carbocycles. The zero-order valence-electron chi connectivity index (χ0n) is 14.1. The first-order valence-electron chi connectivity index (χ1n) is 8.40. The Morgan fingerprint density at radius 2 is 1.69 bits per heavy atom. The first-order chi connectivity index (χ1) is 12.7. The summed E-state index contributed by atoms with van der Waals surface area (Å²) in [6.45, 7) is 2.25. The fourth-order valence-electron chi connectivity index (χ4n) is 3.44. The lowest BCUT2D eigenvalue weighted by Crippen LogP contribution is -2.40. The molecule has 7 nitrogen and oxygen atoms in total. The van der Waals surface area contributed by atoms with Gasteiger partial charge >= 0.3 is 6.03 Å². The minimum atomic E-state index is -0.732. The normalized spacial score (nSPS) is 16.9. The van der Waals surface area contributed by atoms with E-state index in [1.807, 2.05) is 42.5 Å². The van der Waals surface area contributed by atoms with Crippen molar-refractivity contribution in [2.45, 2.75) is 0 Å². The lowest BCUT2D eigenvalue weighted by molar-refractivity contribution is 0.0303. The predicted octanol–water partition coefficient (Wildman–Crippen LogP) is 1.56. The minimum Gasteiger partial charge on any atom is -0.378 e. The van der Waals surface area contributed by atoms with Crippen molar-refractivity contribution in [3.8, 4) is 11.1 Å². The van der Waals surface area contributed by atoms with Gasteiger partial charge in [-0.15, -0.1) is 0 Å². The molecule has 132 valence electrons. The Balaban J connectivity index is 1.84. The number of morpholine rings is 1. The van der Waals surface area contributed by atoms with Gasteiger partial charge in [0.25, 0.3) is 5.91 Å². The first kappa shape index (κ1) is 16.3. The average Bonchev–Trinajstić information content (AvgIpc) is 3.00. The molecule has 0 bridgehead atoms. The molecule has 0 saturated carbocycles. The maximum Gasteiger partial charge on any atom is 0.332 e. The molecule has 0 unspecified atom stereocenters. The number of carbonyl (C=O) groups excluding carboxylic acids is 2. The Kier molecular flexibility index (Phi) is 4.14. The standard InChI is InChI=1S/C19H18N4O3/c20-19(25)22-21-17-13-5-2-1-4-12(13)16-14(17)6-3-7-15(16)18(24)23-8-10-26-11-9-23/h1-7H,8-11H2,(H3,20,22,25). The molecule has 1 heterocycles. The molecule has 26 heavy (non-hydrogen) atoms. The lowest BCUT2D eigenvalue weighted by atomic mass is 9.98. The Morgan fingerprint density at radius 1 is 1.00 bits per heavy atom. The second-order valence-electron chi connectivity index (χ2n) is 6.11. The van der Waals surface area contributed by atoms with Crippen molar-refractivity contribution in [3.63, 3.8) is 0 Å². The van der Waals surface area contributed by atoms with Gasteiger partial charge < -0.3 is 15.4 Å². The van der Waals surface area contributed by atoms with Crippen LogP contribution >= 0.6 is 0 Å². The van der Waals surface area contributed by atoms with Crippen LogP contribution in [0.25, 0.3) is 11.1 Å². The monoisotopic (exact) mass is 350 g/mol. The highest BCUT2D eigenvalue weighted by Gasteiger charge is 2.31. The molecule has 2 aromatic carbocycles. The molecule has 3 N–H and O–H groups in total. The minimum absolute atomic E-state index is 0.0240. The second-order valence-corrected chi connectivity index (χ2v) is 6.11. The molecular formula is C19H18N4O3. The van der Waals surface area contributed by atoms with E-state index in [1.54, 1.807) is 4.90 Å². The molecule has 7 heteroatoms. The molecule has 2 aliphatic rings. The predicted molar refractivity (Wildman–Crippen MR) is 97.0 cm³/mol. The van der Waals surface area contributed by atoms with Crippen LogP contribution in [0.4, 0.5) is 4.79 Å². The number of hydrogen-bond donors (Lipinski definition) is 2. The molecular weight excluding hydrogens is 332 g/mol. The third-order valence-electron chi connectivity index (χ3n) is 4.58. The van der Waals surface area contributed by atoms with Crippen LogP contribution in [0.3, 0.4) is 0 Å². The van der Waals surface area contributed by atoms with E-state index in [2.05, 4.69) is 10.5 Å². The largest absolute Gasteiger partial charge is 0.378 e. The third kappa shape index (κ3) is 2.72. The van der Waals surface area contributed by atoms with Gasteiger partial charge in [-0.05, 0) is 11.6 Å². The summed E-state index contributed by atoms with van der Waals surface area (Å²) in [5, 5.41) is 4.17. The molecule has 4 rings (SSSR count). The maximum absolute atomic E-state index is 13.1. The van der Waals surface area contributed by atoms with Gasteiger partial charge in [0.05, 0.1) is 18.9 Å². The SMILES string of the molecule is NC(=O)NN=C1c2ccccc2-c2c(C(=O)N3CCOCC3)cccc21. The molecule has 1 fully saturated rings. The Hall–Kier alpha value is -3.19. The Morgan fingerprint density at radius 3 is 2.42 bits per heavy atom. The number of primary amides is 1. The van der Waals surface area contributed by atoms with Crippen LogP contribution in [0.1, 0.15) is 21.5 Å². The summed E-state index contributed by atoms with van der Waals surface area (Å²) in [6, 6.07) is 12.5. The number of urea groups is 1. The van der Waals surface area contributed by atoms with Crippen LogP contribution in [-0.4, -0.2) is 48.9 Å². The van der Waals surface area contributed by atoms with Crippen LogP contribution < -0.4 is 11.2 Å². The molecule has 0 aromatic heterocycles. The number of ether oxygens (including phenoxy) is 1. The van der Waals surface area contributed by atoms with Gasteiger partial charge in [0, 0.05) is 35.3 Å². The van der Waals surface area contributed by atoms with E-state index in [-0.39, 0.29) is 5.91 Å². The third-order valence-corrected chi connectivity index (χ3v) is 4.58. The Bertz CT molecular complexity index is 917. The highest BCUT2D eigenvalue weighted by molar-refractivity contribution is 6.27. The number of nitrogens with zero attached hydrogens (tertiary/aromatic N) is 2. The number of fused-ring (bicyclic) bond motifs is 3. The van der Waals surface area contributed by atoms with Gasteiger partial charge in [-0.3, -0.25) is 4.79 Å². The van der Waals surface area contributed by atoms with E-state index >= 15 is 0 Å². The molecule has 1 aliphatic heterocycles. The summed E-state index contributed by atoms with van der Waals surface area (Å²) in [5.41, 5.74) is 12.1. The summed E-state index contributed by atoms with van der Waals surface area (Å²) >= 11 is 0. The van der Waals surface area contributed by atoms with Gasteiger partial charge in [-0.25, -0.2) is 10.2 Å². The lowest BCUT2D eigenvalue weighted by Gasteiger charge is -2.27. The second kappa shape index (κ2) is 6.61. The van der Waals surface area contributed by atoms with Crippen LogP contribution in [0.2, 0.25) is 0 Å². The number of benzene rings is 2. The van der Waals surface area contributed by atoms with Crippen LogP contribution in [0, 0.1) is 0 Å². The number of rotatable bonds is 2. The number of hydrazone groups is 1. The zero-order chi connectivity index (χ0) is 18.1. The maximum atomic E-state index is 13.1. The van der Waals surface area contributed by atoms with Crippen LogP contribution in [0.15, 0.2) is 47.6 Å². The molecule has 2 aromatic rings. The van der Waals surface area contributed by atoms with Crippen molar-refractivity contribution in [2.75, 3.05) is 26.3 Å². The summed E-state index contributed by atoms with van der Waals surface area (Å²) < 4.78 is 5.34. The summed E-state index contributed by atoms with van der Waals surface area (Å²) in [5.74, 6) is -0.0240. The van der Waals surface area contributed by atoms with Gasteiger partial charge in [-0.1, -0.05) is 36.4 Å². The van der Waals surface area contributed by atoms with E-state index in [1.165, 1.54) is 0 Å². The van der Waals surface area contributed by atoms with E-state index in [0.717, 1.165) is 22.3 Å². The fraction of sp³-hybridized carbons (Fsp3) is 0.211. The highest BCUT2D eigenvalue weighted by atomic mass is 16.5.